The Bertz CT molecular complexity index is 930. The summed E-state index contributed by atoms with van der Waals surface area (Å²) in [4.78, 5) is 26.9. The number of benzene rings is 2. The van der Waals surface area contributed by atoms with Crippen LogP contribution in [0.4, 0.5) is 18.9 Å². The molecule has 0 radical (unpaired) electrons. The molecule has 1 aliphatic rings. The molecule has 8 heteroatoms. The highest BCUT2D eigenvalue weighted by Crippen LogP contribution is 2.25. The lowest BCUT2D eigenvalue weighted by atomic mass is 9.88. The van der Waals surface area contributed by atoms with Crippen LogP contribution in [0, 0.1) is 23.4 Å². The number of nitrogens with zero attached hydrogens (tertiary/aromatic N) is 1. The molecule has 2 aromatic carbocycles. The lowest BCUT2D eigenvalue weighted by Crippen LogP contribution is -2.47. The number of hydrogen-bond donors (Lipinski definition) is 1. The number of amides is 1. The van der Waals surface area contributed by atoms with E-state index in [9.17, 15) is 22.8 Å². The average molecular weight is 425 g/mol. The van der Waals surface area contributed by atoms with Gasteiger partial charge >= 0.3 is 0 Å². The third-order valence-electron chi connectivity index (χ3n) is 5.21. The highest BCUT2D eigenvalue weighted by molar-refractivity contribution is 6.31. The average Bonchev–Trinajstić information content (AvgIpc) is 2.71. The Hall–Kier alpha value is -2.38. The van der Waals surface area contributed by atoms with Crippen LogP contribution in [0.5, 0.6) is 0 Å². The van der Waals surface area contributed by atoms with Gasteiger partial charge in [0.15, 0.2) is 5.78 Å². The predicted octanol–water partition coefficient (Wildman–Crippen LogP) is 4.68. The third kappa shape index (κ3) is 4.97. The zero-order chi connectivity index (χ0) is 21.1. The SMILES string of the molecule is CC(C(=O)Nc1ccc(F)c(Cl)c1)N1CCC(C(=O)c2cc(F)ccc2F)CC1. The molecule has 0 saturated carbocycles. The molecule has 0 aromatic heterocycles. The first-order chi connectivity index (χ1) is 13.8. The summed E-state index contributed by atoms with van der Waals surface area (Å²) in [6.45, 7) is 2.66. The summed E-state index contributed by atoms with van der Waals surface area (Å²) in [6, 6.07) is 6.29. The molecule has 0 spiro atoms. The molecule has 29 heavy (non-hydrogen) atoms. The number of piperidine rings is 1. The van der Waals surface area contributed by atoms with E-state index >= 15 is 0 Å². The van der Waals surface area contributed by atoms with Crippen molar-refractivity contribution in [2.45, 2.75) is 25.8 Å². The van der Waals surface area contributed by atoms with E-state index in [2.05, 4.69) is 5.32 Å². The number of Topliss-reactive ketones (excluding diaryl/α,β-unsaturated/α-hetero) is 1. The van der Waals surface area contributed by atoms with Crippen molar-refractivity contribution in [2.24, 2.45) is 5.92 Å². The van der Waals surface area contributed by atoms with Crippen LogP contribution >= 0.6 is 11.6 Å². The minimum absolute atomic E-state index is 0.0839. The Morgan fingerprint density at radius 3 is 2.38 bits per heavy atom. The molecule has 1 aliphatic heterocycles. The normalized spacial score (nSPS) is 16.4. The number of hydrogen-bond acceptors (Lipinski definition) is 3. The summed E-state index contributed by atoms with van der Waals surface area (Å²) in [6.07, 6.45) is 0.879. The minimum atomic E-state index is -0.732. The monoisotopic (exact) mass is 424 g/mol. The van der Waals surface area contributed by atoms with Crippen molar-refractivity contribution in [1.29, 1.82) is 0 Å². The van der Waals surface area contributed by atoms with E-state index in [1.54, 1.807) is 6.92 Å². The standard InChI is InChI=1S/C21H20ClF3N2O2/c1-12(21(29)26-15-3-5-19(25)17(22)11-15)27-8-6-13(7-9-27)20(28)16-10-14(23)2-4-18(16)24/h2-5,10-13H,6-9H2,1H3,(H,26,29). The molecule has 1 amide bonds. The van der Waals surface area contributed by atoms with Gasteiger partial charge in [-0.1, -0.05) is 11.6 Å². The highest BCUT2D eigenvalue weighted by atomic mass is 35.5. The maximum Gasteiger partial charge on any atom is 0.241 e. The van der Waals surface area contributed by atoms with Crippen LogP contribution < -0.4 is 5.32 Å². The van der Waals surface area contributed by atoms with Crippen molar-refractivity contribution < 1.29 is 22.8 Å². The zero-order valence-electron chi connectivity index (χ0n) is 15.7. The maximum absolute atomic E-state index is 13.9. The van der Waals surface area contributed by atoms with E-state index in [4.69, 9.17) is 11.6 Å². The fourth-order valence-corrected chi connectivity index (χ4v) is 3.62. The van der Waals surface area contributed by atoms with Crippen LogP contribution in [0.2, 0.25) is 5.02 Å². The van der Waals surface area contributed by atoms with Crippen molar-refractivity contribution in [3.8, 4) is 0 Å². The molecule has 4 nitrogen and oxygen atoms in total. The summed E-state index contributed by atoms with van der Waals surface area (Å²) in [5.41, 5.74) is 0.155. The molecule has 1 heterocycles. The summed E-state index contributed by atoms with van der Waals surface area (Å²) >= 11 is 5.72. The van der Waals surface area contributed by atoms with Crippen LogP contribution in [0.15, 0.2) is 36.4 Å². The number of halogens is 4. The van der Waals surface area contributed by atoms with E-state index in [1.165, 1.54) is 18.2 Å². The Morgan fingerprint density at radius 1 is 1.07 bits per heavy atom. The molecule has 1 unspecified atom stereocenters. The molecule has 1 fully saturated rings. The van der Waals surface area contributed by atoms with Crippen molar-refractivity contribution in [2.75, 3.05) is 18.4 Å². The molecule has 1 N–H and O–H groups in total. The number of likely N-dealkylation sites (tertiary alicyclic amines) is 1. The van der Waals surface area contributed by atoms with Crippen molar-refractivity contribution >= 4 is 29.0 Å². The zero-order valence-corrected chi connectivity index (χ0v) is 16.5. The fourth-order valence-electron chi connectivity index (χ4n) is 3.44. The van der Waals surface area contributed by atoms with Gasteiger partial charge in [0.05, 0.1) is 16.6 Å². The predicted molar refractivity (Wildman–Crippen MR) is 104 cm³/mol. The molecular weight excluding hydrogens is 405 g/mol. The lowest BCUT2D eigenvalue weighted by Gasteiger charge is -2.34. The highest BCUT2D eigenvalue weighted by Gasteiger charge is 2.31. The number of ketones is 1. The molecule has 1 atom stereocenters. The number of rotatable bonds is 5. The second kappa shape index (κ2) is 8.97. The number of nitrogens with one attached hydrogen (secondary N) is 1. The molecular formula is C21H20ClF3N2O2. The van der Waals surface area contributed by atoms with E-state index in [1.807, 2.05) is 4.90 Å². The Morgan fingerprint density at radius 2 is 1.72 bits per heavy atom. The van der Waals surface area contributed by atoms with E-state index in [-0.39, 0.29) is 16.5 Å². The van der Waals surface area contributed by atoms with Crippen molar-refractivity contribution in [1.82, 2.24) is 4.90 Å². The summed E-state index contributed by atoms with van der Waals surface area (Å²) < 4.78 is 40.5. The minimum Gasteiger partial charge on any atom is -0.325 e. The molecule has 0 aliphatic carbocycles. The molecule has 0 bridgehead atoms. The molecule has 3 rings (SSSR count). The van der Waals surface area contributed by atoms with Gasteiger partial charge in [-0.3, -0.25) is 14.5 Å². The van der Waals surface area contributed by atoms with Gasteiger partial charge < -0.3 is 5.32 Å². The molecule has 1 saturated heterocycles. The maximum atomic E-state index is 13.9. The van der Waals surface area contributed by atoms with Gasteiger partial charge in [0.2, 0.25) is 5.91 Å². The fraction of sp³-hybridized carbons (Fsp3) is 0.333. The summed E-state index contributed by atoms with van der Waals surface area (Å²) in [7, 11) is 0. The first kappa shape index (κ1) is 21.3. The van der Waals surface area contributed by atoms with Crippen LogP contribution in [0.1, 0.15) is 30.1 Å². The van der Waals surface area contributed by atoms with E-state index < -0.39 is 35.2 Å². The lowest BCUT2D eigenvalue weighted by molar-refractivity contribution is -0.121. The topological polar surface area (TPSA) is 49.4 Å². The first-order valence-corrected chi connectivity index (χ1v) is 9.63. The summed E-state index contributed by atoms with van der Waals surface area (Å²) in [5, 5.41) is 2.61. The van der Waals surface area contributed by atoms with Gasteiger partial charge in [-0.15, -0.1) is 0 Å². The van der Waals surface area contributed by atoms with Crippen molar-refractivity contribution in [3.63, 3.8) is 0 Å². The largest absolute Gasteiger partial charge is 0.325 e. The van der Waals surface area contributed by atoms with E-state index in [0.29, 0.717) is 31.6 Å². The Kier molecular flexibility index (Phi) is 6.59. The first-order valence-electron chi connectivity index (χ1n) is 9.25. The quantitative estimate of drug-likeness (QED) is 0.709. The van der Waals surface area contributed by atoms with Crippen LogP contribution in [0.3, 0.4) is 0 Å². The van der Waals surface area contributed by atoms with Crippen LogP contribution in [0.25, 0.3) is 0 Å². The third-order valence-corrected chi connectivity index (χ3v) is 5.50. The molecule has 154 valence electrons. The van der Waals surface area contributed by atoms with Gasteiger partial charge in [0, 0.05) is 11.6 Å². The van der Waals surface area contributed by atoms with Crippen LogP contribution in [-0.2, 0) is 4.79 Å². The second-order valence-corrected chi connectivity index (χ2v) is 7.50. The summed E-state index contributed by atoms with van der Waals surface area (Å²) in [5.74, 6) is -3.08. The van der Waals surface area contributed by atoms with Crippen molar-refractivity contribution in [3.05, 3.63) is 64.4 Å². The van der Waals surface area contributed by atoms with E-state index in [0.717, 1.165) is 18.2 Å². The van der Waals surface area contributed by atoms with Gasteiger partial charge in [0.1, 0.15) is 17.5 Å². The smallest absolute Gasteiger partial charge is 0.241 e. The molecule has 2 aromatic rings. The number of anilines is 1. The number of carbonyl (C=O) groups is 2. The second-order valence-electron chi connectivity index (χ2n) is 7.09. The van der Waals surface area contributed by atoms with Crippen LogP contribution in [-0.4, -0.2) is 35.7 Å². The number of carbonyl (C=O) groups excluding carboxylic acids is 2. The van der Waals surface area contributed by atoms with Gasteiger partial charge in [-0.25, -0.2) is 13.2 Å². The van der Waals surface area contributed by atoms with Gasteiger partial charge in [-0.05, 0) is 69.3 Å². The van der Waals surface area contributed by atoms with Gasteiger partial charge in [-0.2, -0.15) is 0 Å². The van der Waals surface area contributed by atoms with Gasteiger partial charge in [0.25, 0.3) is 0 Å². The Balaban J connectivity index is 1.58. The Labute approximate surface area is 171 Å².